The van der Waals surface area contributed by atoms with E-state index in [4.69, 9.17) is 4.52 Å². The summed E-state index contributed by atoms with van der Waals surface area (Å²) in [4.78, 5) is 4.40. The summed E-state index contributed by atoms with van der Waals surface area (Å²) in [5.41, 5.74) is 0.851. The minimum Gasteiger partial charge on any atom is -0.338 e. The van der Waals surface area contributed by atoms with Crippen molar-refractivity contribution in [3.8, 4) is 0 Å². The van der Waals surface area contributed by atoms with Crippen molar-refractivity contribution >= 4 is 0 Å². The van der Waals surface area contributed by atoms with E-state index < -0.39 is 0 Å². The van der Waals surface area contributed by atoms with Crippen molar-refractivity contribution in [3.63, 3.8) is 0 Å². The Balaban J connectivity index is 1.70. The monoisotopic (exact) mass is 261 g/mol. The average molecular weight is 261 g/mol. The molecule has 1 saturated heterocycles. The molecule has 0 aliphatic carbocycles. The molecule has 1 atom stereocenters. The van der Waals surface area contributed by atoms with E-state index in [-0.39, 0.29) is 11.9 Å². The molecule has 1 aromatic carbocycles. The number of benzene rings is 1. The Hall–Kier alpha value is -1.75. The number of hydrogen-bond donors (Lipinski definition) is 1. The van der Waals surface area contributed by atoms with Gasteiger partial charge in [-0.2, -0.15) is 4.98 Å². The van der Waals surface area contributed by atoms with Crippen LogP contribution in [0.3, 0.4) is 0 Å². The van der Waals surface area contributed by atoms with E-state index >= 15 is 0 Å². The fourth-order valence-corrected chi connectivity index (χ4v) is 2.37. The Morgan fingerprint density at radius 2 is 2.32 bits per heavy atom. The van der Waals surface area contributed by atoms with Crippen molar-refractivity contribution in [2.75, 3.05) is 6.54 Å². The molecule has 1 aromatic heterocycles. The van der Waals surface area contributed by atoms with Crippen molar-refractivity contribution in [1.29, 1.82) is 0 Å². The molecule has 3 rings (SSSR count). The molecule has 0 amide bonds. The molecule has 0 unspecified atom stereocenters. The maximum absolute atomic E-state index is 13.1. The summed E-state index contributed by atoms with van der Waals surface area (Å²) in [7, 11) is 0. The van der Waals surface area contributed by atoms with Gasteiger partial charge in [-0.3, -0.25) is 0 Å². The summed E-state index contributed by atoms with van der Waals surface area (Å²) in [5, 5.41) is 7.33. The number of hydrogen-bond acceptors (Lipinski definition) is 4. The highest BCUT2D eigenvalue weighted by Crippen LogP contribution is 2.21. The first-order valence-electron chi connectivity index (χ1n) is 6.61. The first-order chi connectivity index (χ1) is 9.31. The molecular formula is C14H16FN3O. The maximum atomic E-state index is 13.1. The van der Waals surface area contributed by atoms with Crippen LogP contribution in [0.4, 0.5) is 4.39 Å². The fourth-order valence-electron chi connectivity index (χ4n) is 2.37. The van der Waals surface area contributed by atoms with Gasteiger partial charge in [0.25, 0.3) is 0 Å². The number of nitrogens with zero attached hydrogens (tertiary/aromatic N) is 2. The Kier molecular flexibility index (Phi) is 3.55. The molecule has 0 bridgehead atoms. The predicted octanol–water partition coefficient (Wildman–Crippen LogP) is 2.61. The average Bonchev–Trinajstić information content (AvgIpc) is 2.88. The number of aromatic nitrogens is 2. The minimum atomic E-state index is -0.241. The second-order valence-corrected chi connectivity index (χ2v) is 4.86. The Morgan fingerprint density at radius 3 is 3.11 bits per heavy atom. The predicted molar refractivity (Wildman–Crippen MR) is 68.1 cm³/mol. The van der Waals surface area contributed by atoms with E-state index in [0.29, 0.717) is 18.1 Å². The third kappa shape index (κ3) is 2.98. The number of piperidine rings is 1. The van der Waals surface area contributed by atoms with E-state index in [1.807, 2.05) is 6.07 Å². The molecule has 2 heterocycles. The topological polar surface area (TPSA) is 51.0 Å². The molecule has 0 radical (unpaired) electrons. The highest BCUT2D eigenvalue weighted by atomic mass is 19.1. The smallest absolute Gasteiger partial charge is 0.243 e. The summed E-state index contributed by atoms with van der Waals surface area (Å²) in [6.45, 7) is 0.992. The van der Waals surface area contributed by atoms with Crippen molar-refractivity contribution in [1.82, 2.24) is 15.5 Å². The third-order valence-corrected chi connectivity index (χ3v) is 3.34. The van der Waals surface area contributed by atoms with E-state index in [9.17, 15) is 4.39 Å². The normalized spacial score (nSPS) is 19.5. The van der Waals surface area contributed by atoms with Crippen LogP contribution in [-0.2, 0) is 6.42 Å². The summed E-state index contributed by atoms with van der Waals surface area (Å²) < 4.78 is 18.4. The van der Waals surface area contributed by atoms with E-state index in [1.165, 1.54) is 25.0 Å². The molecule has 1 aliphatic rings. The second-order valence-electron chi connectivity index (χ2n) is 4.86. The molecule has 0 saturated carbocycles. The van der Waals surface area contributed by atoms with Gasteiger partial charge in [0.2, 0.25) is 5.89 Å². The van der Waals surface area contributed by atoms with E-state index in [0.717, 1.165) is 18.5 Å². The largest absolute Gasteiger partial charge is 0.338 e. The van der Waals surface area contributed by atoms with E-state index in [1.54, 1.807) is 6.07 Å². The van der Waals surface area contributed by atoms with Gasteiger partial charge >= 0.3 is 0 Å². The third-order valence-electron chi connectivity index (χ3n) is 3.34. The first kappa shape index (κ1) is 12.3. The van der Waals surface area contributed by atoms with Crippen LogP contribution in [0.1, 0.15) is 42.6 Å². The van der Waals surface area contributed by atoms with Gasteiger partial charge in [-0.05, 0) is 37.1 Å². The zero-order valence-electron chi connectivity index (χ0n) is 10.6. The van der Waals surface area contributed by atoms with Crippen LogP contribution in [0.25, 0.3) is 0 Å². The molecule has 19 heavy (non-hydrogen) atoms. The van der Waals surface area contributed by atoms with Gasteiger partial charge < -0.3 is 9.84 Å². The molecule has 4 nitrogen and oxygen atoms in total. The lowest BCUT2D eigenvalue weighted by atomic mass is 10.1. The number of nitrogens with one attached hydrogen (secondary N) is 1. The van der Waals surface area contributed by atoms with Crippen LogP contribution in [0, 0.1) is 5.82 Å². The van der Waals surface area contributed by atoms with E-state index in [2.05, 4.69) is 15.5 Å². The van der Waals surface area contributed by atoms with Crippen molar-refractivity contribution < 1.29 is 8.91 Å². The zero-order chi connectivity index (χ0) is 13.1. The summed E-state index contributed by atoms with van der Waals surface area (Å²) >= 11 is 0. The summed E-state index contributed by atoms with van der Waals surface area (Å²) in [6, 6.07) is 6.64. The molecule has 1 fully saturated rings. The lowest BCUT2D eigenvalue weighted by Gasteiger charge is -2.19. The molecule has 100 valence electrons. The van der Waals surface area contributed by atoms with Crippen LogP contribution in [0.5, 0.6) is 0 Å². The highest BCUT2D eigenvalue weighted by Gasteiger charge is 2.20. The van der Waals surface area contributed by atoms with Crippen LogP contribution in [-0.4, -0.2) is 16.7 Å². The SMILES string of the molecule is Fc1cccc(Cc2noc([C@H]3CCCCN3)n2)c1. The fraction of sp³-hybridized carbons (Fsp3) is 0.429. The van der Waals surface area contributed by atoms with Crippen LogP contribution in [0.15, 0.2) is 28.8 Å². The van der Waals surface area contributed by atoms with Gasteiger partial charge in [0, 0.05) is 6.42 Å². The summed E-state index contributed by atoms with van der Waals surface area (Å²) in [6.07, 6.45) is 3.90. The summed E-state index contributed by atoms with van der Waals surface area (Å²) in [5.74, 6) is 1.01. The zero-order valence-corrected chi connectivity index (χ0v) is 10.6. The lowest BCUT2D eigenvalue weighted by molar-refractivity contribution is 0.296. The highest BCUT2D eigenvalue weighted by molar-refractivity contribution is 5.19. The molecule has 0 spiro atoms. The van der Waals surface area contributed by atoms with Crippen molar-refractivity contribution in [3.05, 3.63) is 47.4 Å². The second kappa shape index (κ2) is 5.48. The van der Waals surface area contributed by atoms with Gasteiger partial charge in [-0.1, -0.05) is 23.7 Å². The Morgan fingerprint density at radius 1 is 1.37 bits per heavy atom. The lowest BCUT2D eigenvalue weighted by Crippen LogP contribution is -2.27. The van der Waals surface area contributed by atoms with Crippen LogP contribution in [0.2, 0.25) is 0 Å². The van der Waals surface area contributed by atoms with Gasteiger partial charge in [-0.25, -0.2) is 4.39 Å². The molecular weight excluding hydrogens is 245 g/mol. The van der Waals surface area contributed by atoms with Gasteiger partial charge in [0.1, 0.15) is 5.82 Å². The molecule has 2 aromatic rings. The van der Waals surface area contributed by atoms with Gasteiger partial charge in [-0.15, -0.1) is 0 Å². The molecule has 1 N–H and O–H groups in total. The van der Waals surface area contributed by atoms with Gasteiger partial charge in [0.05, 0.1) is 6.04 Å². The molecule has 1 aliphatic heterocycles. The van der Waals surface area contributed by atoms with Crippen molar-refractivity contribution in [2.24, 2.45) is 0 Å². The Bertz CT molecular complexity index is 549. The maximum Gasteiger partial charge on any atom is 0.243 e. The first-order valence-corrected chi connectivity index (χ1v) is 6.61. The molecule has 5 heteroatoms. The van der Waals surface area contributed by atoms with Gasteiger partial charge in [0.15, 0.2) is 5.82 Å². The number of halogens is 1. The standard InChI is InChI=1S/C14H16FN3O/c15-11-5-3-4-10(8-11)9-13-17-14(19-18-13)12-6-1-2-7-16-12/h3-5,8,12,16H,1-2,6-7,9H2/t12-/m1/s1. The Labute approximate surface area is 111 Å². The van der Waals surface area contributed by atoms with Crippen molar-refractivity contribution in [2.45, 2.75) is 31.7 Å². The quantitative estimate of drug-likeness (QED) is 0.922. The van der Waals surface area contributed by atoms with Crippen LogP contribution < -0.4 is 5.32 Å². The number of rotatable bonds is 3. The minimum absolute atomic E-state index is 0.169. The van der Waals surface area contributed by atoms with Crippen LogP contribution >= 0.6 is 0 Å².